The summed E-state index contributed by atoms with van der Waals surface area (Å²) in [5.74, 6) is -0.0379. The summed E-state index contributed by atoms with van der Waals surface area (Å²) in [4.78, 5) is 19.5. The minimum absolute atomic E-state index is 0.257. The molecule has 2 N–H and O–H groups in total. The maximum Gasteiger partial charge on any atom is 0.247 e. The molecule has 0 fully saturated rings. The van der Waals surface area contributed by atoms with E-state index in [-0.39, 0.29) is 5.69 Å². The van der Waals surface area contributed by atoms with Gasteiger partial charge in [0.1, 0.15) is 16.7 Å². The van der Waals surface area contributed by atoms with Gasteiger partial charge in [0.25, 0.3) is 0 Å². The quantitative estimate of drug-likeness (QED) is 0.849. The summed E-state index contributed by atoms with van der Waals surface area (Å²) < 4.78 is 13.3. The lowest BCUT2D eigenvalue weighted by atomic mass is 10.2. The highest BCUT2D eigenvalue weighted by Crippen LogP contribution is 2.28. The van der Waals surface area contributed by atoms with Crippen LogP contribution in [0.2, 0.25) is 5.02 Å². The molecule has 0 saturated carbocycles. The molecule has 108 valence electrons. The zero-order valence-electron chi connectivity index (χ0n) is 11.2. The number of carbonyl (C=O) groups excluding carboxylic acids is 1. The molecule has 1 heterocycles. The Kier molecular flexibility index (Phi) is 4.49. The summed E-state index contributed by atoms with van der Waals surface area (Å²) in [5.41, 5.74) is 0.707. The van der Waals surface area contributed by atoms with Crippen molar-refractivity contribution in [2.24, 2.45) is 0 Å². The summed E-state index contributed by atoms with van der Waals surface area (Å²) in [6, 6.07) is 3.92. The average molecular weight is 307 g/mol. The number of hydrogen-bond donors (Lipinski definition) is 2. The Balaban J connectivity index is 2.37. The van der Waals surface area contributed by atoms with Crippen LogP contribution < -0.4 is 10.6 Å². The van der Waals surface area contributed by atoms with E-state index in [0.717, 1.165) is 6.08 Å². The molecule has 1 aromatic carbocycles. The molecule has 0 saturated heterocycles. The Morgan fingerprint density at radius 1 is 1.43 bits per heavy atom. The van der Waals surface area contributed by atoms with Gasteiger partial charge in [-0.25, -0.2) is 14.4 Å². The van der Waals surface area contributed by atoms with Gasteiger partial charge in [0.05, 0.1) is 17.6 Å². The van der Waals surface area contributed by atoms with Gasteiger partial charge in [-0.2, -0.15) is 0 Å². The van der Waals surface area contributed by atoms with Crippen LogP contribution >= 0.6 is 11.6 Å². The van der Waals surface area contributed by atoms with E-state index in [9.17, 15) is 9.18 Å². The highest BCUT2D eigenvalue weighted by atomic mass is 35.5. The Morgan fingerprint density at radius 2 is 2.19 bits per heavy atom. The minimum Gasteiger partial charge on any atom is -0.337 e. The molecule has 0 spiro atoms. The molecule has 1 amide bonds. The van der Waals surface area contributed by atoms with Crippen LogP contribution in [-0.2, 0) is 4.79 Å². The molecule has 2 aromatic rings. The summed E-state index contributed by atoms with van der Waals surface area (Å²) in [6.07, 6.45) is 2.55. The van der Waals surface area contributed by atoms with Crippen LogP contribution in [0.25, 0.3) is 0 Å². The van der Waals surface area contributed by atoms with Crippen molar-refractivity contribution in [3.8, 4) is 0 Å². The minimum atomic E-state index is -0.482. The maximum absolute atomic E-state index is 13.3. The van der Waals surface area contributed by atoms with E-state index in [1.165, 1.54) is 24.4 Å². The smallest absolute Gasteiger partial charge is 0.247 e. The highest BCUT2D eigenvalue weighted by Gasteiger charge is 2.10. The monoisotopic (exact) mass is 306 g/mol. The summed E-state index contributed by atoms with van der Waals surface area (Å²) >= 11 is 6.00. The number of amides is 1. The lowest BCUT2D eigenvalue weighted by Gasteiger charge is -2.13. The highest BCUT2D eigenvalue weighted by molar-refractivity contribution is 6.32. The predicted octanol–water partition coefficient (Wildman–Crippen LogP) is 3.45. The summed E-state index contributed by atoms with van der Waals surface area (Å²) in [5, 5.41) is 5.76. The van der Waals surface area contributed by atoms with Crippen molar-refractivity contribution in [2.75, 3.05) is 10.6 Å². The van der Waals surface area contributed by atoms with E-state index in [1.807, 2.05) is 0 Å². The van der Waals surface area contributed by atoms with Crippen molar-refractivity contribution in [1.82, 2.24) is 9.97 Å². The lowest BCUT2D eigenvalue weighted by molar-refractivity contribution is -0.111. The number of hydrogen-bond acceptors (Lipinski definition) is 4. The number of carbonyl (C=O) groups is 1. The van der Waals surface area contributed by atoms with E-state index in [4.69, 9.17) is 11.6 Å². The molecule has 0 atom stereocenters. The fourth-order valence-electron chi connectivity index (χ4n) is 1.58. The van der Waals surface area contributed by atoms with Crippen molar-refractivity contribution < 1.29 is 9.18 Å². The fraction of sp³-hybridized carbons (Fsp3) is 0.0714. The molecular weight excluding hydrogens is 295 g/mol. The van der Waals surface area contributed by atoms with E-state index in [0.29, 0.717) is 22.4 Å². The topological polar surface area (TPSA) is 66.9 Å². The Hall–Kier alpha value is -2.47. The summed E-state index contributed by atoms with van der Waals surface area (Å²) in [6.45, 7) is 5.07. The number of rotatable bonds is 4. The van der Waals surface area contributed by atoms with Gasteiger partial charge < -0.3 is 10.6 Å². The van der Waals surface area contributed by atoms with Gasteiger partial charge in [-0.3, -0.25) is 4.79 Å². The van der Waals surface area contributed by atoms with Crippen LogP contribution in [0.3, 0.4) is 0 Å². The standard InChI is InChI=1S/C14H12ClFN4O/c1-3-13(21)19-12-6-9(16)4-5-11(12)20-14-10(15)7-17-8(2)18-14/h3-7H,1H2,2H3,(H,19,21)(H,17,18,20). The molecular formula is C14H12ClFN4O. The third-order valence-corrected chi connectivity index (χ3v) is 2.82. The van der Waals surface area contributed by atoms with Crippen LogP contribution in [0.15, 0.2) is 37.1 Å². The third kappa shape index (κ3) is 3.76. The summed E-state index contributed by atoms with van der Waals surface area (Å²) in [7, 11) is 0. The zero-order chi connectivity index (χ0) is 15.4. The van der Waals surface area contributed by atoms with E-state index < -0.39 is 11.7 Å². The molecule has 2 rings (SSSR count). The van der Waals surface area contributed by atoms with Gasteiger partial charge in [-0.05, 0) is 31.2 Å². The Bertz CT molecular complexity index is 705. The molecule has 0 bridgehead atoms. The van der Waals surface area contributed by atoms with Gasteiger partial charge in [-0.1, -0.05) is 18.2 Å². The number of halogens is 2. The second-order valence-corrected chi connectivity index (χ2v) is 4.53. The Morgan fingerprint density at radius 3 is 2.90 bits per heavy atom. The first-order valence-electron chi connectivity index (χ1n) is 5.98. The molecule has 5 nitrogen and oxygen atoms in total. The maximum atomic E-state index is 13.3. The number of anilines is 3. The molecule has 0 aliphatic rings. The van der Waals surface area contributed by atoms with Crippen LogP contribution in [0.5, 0.6) is 0 Å². The zero-order valence-corrected chi connectivity index (χ0v) is 11.9. The molecule has 7 heteroatoms. The van der Waals surface area contributed by atoms with Crippen molar-refractivity contribution in [2.45, 2.75) is 6.92 Å². The molecule has 0 unspecified atom stereocenters. The third-order valence-electron chi connectivity index (χ3n) is 2.54. The lowest BCUT2D eigenvalue weighted by Crippen LogP contribution is -2.10. The van der Waals surface area contributed by atoms with Gasteiger partial charge in [0, 0.05) is 0 Å². The number of aromatic nitrogens is 2. The predicted molar refractivity (Wildman–Crippen MR) is 80.3 cm³/mol. The van der Waals surface area contributed by atoms with Gasteiger partial charge in [0.15, 0.2) is 5.82 Å². The molecule has 0 radical (unpaired) electrons. The van der Waals surface area contributed by atoms with Crippen LogP contribution in [0.4, 0.5) is 21.6 Å². The van der Waals surface area contributed by atoms with Crippen molar-refractivity contribution >= 4 is 34.7 Å². The fourth-order valence-corrected chi connectivity index (χ4v) is 1.72. The van der Waals surface area contributed by atoms with E-state index in [1.54, 1.807) is 6.92 Å². The number of benzene rings is 1. The largest absolute Gasteiger partial charge is 0.337 e. The number of nitrogens with zero attached hydrogens (tertiary/aromatic N) is 2. The first-order chi connectivity index (χ1) is 9.99. The van der Waals surface area contributed by atoms with Crippen molar-refractivity contribution in [3.63, 3.8) is 0 Å². The van der Waals surface area contributed by atoms with Crippen LogP contribution in [0, 0.1) is 12.7 Å². The Labute approximate surface area is 125 Å². The van der Waals surface area contributed by atoms with Gasteiger partial charge in [-0.15, -0.1) is 0 Å². The first-order valence-corrected chi connectivity index (χ1v) is 6.36. The number of nitrogens with one attached hydrogen (secondary N) is 2. The molecule has 0 aliphatic carbocycles. The van der Waals surface area contributed by atoms with Crippen molar-refractivity contribution in [3.05, 3.63) is 53.7 Å². The van der Waals surface area contributed by atoms with Crippen LogP contribution in [-0.4, -0.2) is 15.9 Å². The van der Waals surface area contributed by atoms with Gasteiger partial charge in [0.2, 0.25) is 5.91 Å². The normalized spacial score (nSPS) is 10.0. The molecule has 21 heavy (non-hydrogen) atoms. The van der Waals surface area contributed by atoms with Crippen LogP contribution in [0.1, 0.15) is 5.82 Å². The average Bonchev–Trinajstić information content (AvgIpc) is 2.45. The molecule has 0 aliphatic heterocycles. The first kappa shape index (κ1) is 14.9. The second-order valence-electron chi connectivity index (χ2n) is 4.12. The molecule has 1 aromatic heterocycles. The SMILES string of the molecule is C=CC(=O)Nc1cc(F)ccc1Nc1nc(C)ncc1Cl. The van der Waals surface area contributed by atoms with E-state index in [2.05, 4.69) is 27.2 Å². The number of aryl methyl sites for hydroxylation is 1. The van der Waals surface area contributed by atoms with Gasteiger partial charge >= 0.3 is 0 Å². The second kappa shape index (κ2) is 6.32. The van der Waals surface area contributed by atoms with Crippen molar-refractivity contribution in [1.29, 1.82) is 0 Å². The van der Waals surface area contributed by atoms with E-state index >= 15 is 0 Å².